The molecule has 2 heterocycles. The fourth-order valence-electron chi connectivity index (χ4n) is 2.80. The summed E-state index contributed by atoms with van der Waals surface area (Å²) in [6, 6.07) is 0. The van der Waals surface area contributed by atoms with Crippen LogP contribution in [0, 0.1) is 0 Å². The average Bonchev–Trinajstić information content (AvgIpc) is 2.85. The molecule has 0 aromatic rings. The number of hydrogen-bond acceptors (Lipinski definition) is 6. The van der Waals surface area contributed by atoms with Crippen molar-refractivity contribution in [3.8, 4) is 0 Å². The molecule has 4 atom stereocenters. The van der Waals surface area contributed by atoms with E-state index < -0.39 is 17.9 Å². The molecule has 0 aromatic heterocycles. The summed E-state index contributed by atoms with van der Waals surface area (Å²) in [6.45, 7) is 6.31. The van der Waals surface area contributed by atoms with E-state index in [4.69, 9.17) is 18.9 Å². The van der Waals surface area contributed by atoms with Crippen LogP contribution in [0.3, 0.4) is 0 Å². The van der Waals surface area contributed by atoms with E-state index in [1.54, 1.807) is 6.92 Å². The van der Waals surface area contributed by atoms with Gasteiger partial charge in [0, 0.05) is 6.08 Å². The first kappa shape index (κ1) is 17.4. The minimum Gasteiger partial charge on any atom is -0.463 e. The second-order valence-electron chi connectivity index (χ2n) is 6.11. The van der Waals surface area contributed by atoms with E-state index in [0.29, 0.717) is 13.2 Å². The Morgan fingerprint density at radius 3 is 2.82 bits per heavy atom. The number of aliphatic hydroxyl groups is 1. The van der Waals surface area contributed by atoms with Crippen LogP contribution in [-0.4, -0.2) is 54.5 Å². The van der Waals surface area contributed by atoms with Gasteiger partial charge in [-0.05, 0) is 46.1 Å². The minimum atomic E-state index is -0.831. The SMILES string of the molecule is CCOC(=O)/C=C/[C@@H](O)[C@H]1CCC[C@@H]([C@H]2COC(C)(C)O2)O1. The second-order valence-corrected chi connectivity index (χ2v) is 6.11. The van der Waals surface area contributed by atoms with Crippen molar-refractivity contribution in [1.82, 2.24) is 0 Å². The maximum Gasteiger partial charge on any atom is 0.330 e. The number of aliphatic hydroxyl groups excluding tert-OH is 1. The third-order valence-electron chi connectivity index (χ3n) is 3.87. The summed E-state index contributed by atoms with van der Waals surface area (Å²) in [7, 11) is 0. The third-order valence-corrected chi connectivity index (χ3v) is 3.87. The normalized spacial score (nSPS) is 33.0. The van der Waals surface area contributed by atoms with Crippen LogP contribution in [0.5, 0.6) is 0 Å². The fraction of sp³-hybridized carbons (Fsp3) is 0.812. The molecule has 0 bridgehead atoms. The Balaban J connectivity index is 1.86. The predicted octanol–water partition coefficient (Wildman–Crippen LogP) is 1.56. The van der Waals surface area contributed by atoms with Gasteiger partial charge in [-0.25, -0.2) is 4.79 Å². The number of rotatable bonds is 5. The lowest BCUT2D eigenvalue weighted by Crippen LogP contribution is -2.42. The zero-order valence-electron chi connectivity index (χ0n) is 13.5. The molecule has 0 aromatic carbocycles. The van der Waals surface area contributed by atoms with Gasteiger partial charge < -0.3 is 24.1 Å². The van der Waals surface area contributed by atoms with Gasteiger partial charge in [-0.1, -0.05) is 0 Å². The third kappa shape index (κ3) is 4.78. The van der Waals surface area contributed by atoms with Crippen LogP contribution < -0.4 is 0 Å². The minimum absolute atomic E-state index is 0.0915. The van der Waals surface area contributed by atoms with Gasteiger partial charge >= 0.3 is 5.97 Å². The Morgan fingerprint density at radius 2 is 2.18 bits per heavy atom. The predicted molar refractivity (Wildman–Crippen MR) is 79.2 cm³/mol. The van der Waals surface area contributed by atoms with Crippen molar-refractivity contribution in [3.63, 3.8) is 0 Å². The smallest absolute Gasteiger partial charge is 0.330 e. The Labute approximate surface area is 131 Å². The fourth-order valence-corrected chi connectivity index (χ4v) is 2.80. The molecular weight excluding hydrogens is 288 g/mol. The van der Waals surface area contributed by atoms with Gasteiger partial charge in [0.2, 0.25) is 0 Å². The van der Waals surface area contributed by atoms with Crippen LogP contribution in [0.2, 0.25) is 0 Å². The summed E-state index contributed by atoms with van der Waals surface area (Å²) in [5.41, 5.74) is 0. The van der Waals surface area contributed by atoms with Gasteiger partial charge in [0.15, 0.2) is 5.79 Å². The van der Waals surface area contributed by atoms with E-state index in [2.05, 4.69) is 0 Å². The summed E-state index contributed by atoms with van der Waals surface area (Å²) in [4.78, 5) is 11.3. The molecule has 2 rings (SSSR count). The number of esters is 1. The summed E-state index contributed by atoms with van der Waals surface area (Å²) in [6.07, 6.45) is 3.89. The first-order valence-corrected chi connectivity index (χ1v) is 7.91. The molecule has 2 aliphatic heterocycles. The zero-order chi connectivity index (χ0) is 16.2. The van der Waals surface area contributed by atoms with Gasteiger partial charge in [0.05, 0.1) is 31.5 Å². The maximum absolute atomic E-state index is 11.3. The highest BCUT2D eigenvalue weighted by Gasteiger charge is 2.40. The van der Waals surface area contributed by atoms with Gasteiger partial charge in [-0.15, -0.1) is 0 Å². The van der Waals surface area contributed by atoms with Crippen molar-refractivity contribution in [2.45, 2.75) is 70.2 Å². The Bertz CT molecular complexity index is 405. The molecule has 0 unspecified atom stereocenters. The molecule has 2 aliphatic rings. The molecule has 22 heavy (non-hydrogen) atoms. The second kappa shape index (κ2) is 7.55. The number of carbonyl (C=O) groups is 1. The molecule has 0 amide bonds. The van der Waals surface area contributed by atoms with E-state index in [0.717, 1.165) is 19.3 Å². The summed E-state index contributed by atoms with van der Waals surface area (Å²) in [5, 5.41) is 10.2. The zero-order valence-corrected chi connectivity index (χ0v) is 13.5. The van der Waals surface area contributed by atoms with Crippen molar-refractivity contribution < 1.29 is 28.8 Å². The lowest BCUT2D eigenvalue weighted by atomic mass is 9.97. The topological polar surface area (TPSA) is 74.2 Å². The molecular formula is C16H26O6. The molecule has 1 N–H and O–H groups in total. The lowest BCUT2D eigenvalue weighted by molar-refractivity contribution is -0.177. The molecule has 0 aliphatic carbocycles. The van der Waals surface area contributed by atoms with Gasteiger partial charge in [0.25, 0.3) is 0 Å². The van der Waals surface area contributed by atoms with E-state index >= 15 is 0 Å². The number of ether oxygens (including phenoxy) is 4. The van der Waals surface area contributed by atoms with Gasteiger partial charge in [-0.3, -0.25) is 0 Å². The van der Waals surface area contributed by atoms with Gasteiger partial charge in [0.1, 0.15) is 6.10 Å². The van der Waals surface area contributed by atoms with Crippen molar-refractivity contribution in [2.24, 2.45) is 0 Å². The number of hydrogen-bond donors (Lipinski definition) is 1. The molecule has 2 fully saturated rings. The summed E-state index contributed by atoms with van der Waals surface area (Å²) >= 11 is 0. The molecule has 126 valence electrons. The summed E-state index contributed by atoms with van der Waals surface area (Å²) < 4.78 is 22.1. The largest absolute Gasteiger partial charge is 0.463 e. The average molecular weight is 314 g/mol. The molecule has 6 nitrogen and oxygen atoms in total. The highest BCUT2D eigenvalue weighted by Crippen LogP contribution is 2.31. The number of carbonyl (C=O) groups excluding carboxylic acids is 1. The van der Waals surface area contributed by atoms with Crippen LogP contribution in [0.15, 0.2) is 12.2 Å². The van der Waals surface area contributed by atoms with Crippen LogP contribution in [0.1, 0.15) is 40.0 Å². The molecule has 6 heteroatoms. The molecule has 0 spiro atoms. The highest BCUT2D eigenvalue weighted by molar-refractivity contribution is 5.81. The van der Waals surface area contributed by atoms with Crippen molar-refractivity contribution in [1.29, 1.82) is 0 Å². The summed E-state index contributed by atoms with van der Waals surface area (Å²) in [5.74, 6) is -1.04. The van der Waals surface area contributed by atoms with Crippen LogP contribution in [0.4, 0.5) is 0 Å². The van der Waals surface area contributed by atoms with Crippen molar-refractivity contribution in [2.75, 3.05) is 13.2 Å². The Kier molecular flexibility index (Phi) is 5.97. The monoisotopic (exact) mass is 314 g/mol. The Morgan fingerprint density at radius 1 is 1.41 bits per heavy atom. The first-order chi connectivity index (χ1) is 10.4. The molecule has 2 saturated heterocycles. The Hall–Kier alpha value is -0.950. The quantitative estimate of drug-likeness (QED) is 0.613. The van der Waals surface area contributed by atoms with E-state index in [9.17, 15) is 9.90 Å². The lowest BCUT2D eigenvalue weighted by Gasteiger charge is -2.34. The van der Waals surface area contributed by atoms with Crippen molar-refractivity contribution in [3.05, 3.63) is 12.2 Å². The highest BCUT2D eigenvalue weighted by atomic mass is 16.7. The molecule has 0 saturated carbocycles. The maximum atomic E-state index is 11.3. The first-order valence-electron chi connectivity index (χ1n) is 7.91. The van der Waals surface area contributed by atoms with Crippen LogP contribution >= 0.6 is 0 Å². The molecule has 0 radical (unpaired) electrons. The van der Waals surface area contributed by atoms with E-state index in [1.807, 2.05) is 13.8 Å². The van der Waals surface area contributed by atoms with Crippen molar-refractivity contribution >= 4 is 5.97 Å². The van der Waals surface area contributed by atoms with Gasteiger partial charge in [-0.2, -0.15) is 0 Å². The van der Waals surface area contributed by atoms with E-state index in [-0.39, 0.29) is 18.3 Å². The van der Waals surface area contributed by atoms with Crippen LogP contribution in [0.25, 0.3) is 0 Å². The van der Waals surface area contributed by atoms with Crippen LogP contribution in [-0.2, 0) is 23.7 Å². The standard InChI is InChI=1S/C16H26O6/c1-4-19-15(18)9-8-11(17)12-6-5-7-13(21-12)14-10-20-16(2,3)22-14/h8-9,11-14,17H,4-7,10H2,1-3H3/b9-8+/t11-,12-,13+,14-/m1/s1. The van der Waals surface area contributed by atoms with E-state index in [1.165, 1.54) is 12.2 Å².